The van der Waals surface area contributed by atoms with Gasteiger partial charge in [0.05, 0.1) is 17.3 Å². The highest BCUT2D eigenvalue weighted by molar-refractivity contribution is 5.52. The van der Waals surface area contributed by atoms with Gasteiger partial charge in [0.15, 0.2) is 0 Å². The van der Waals surface area contributed by atoms with Gasteiger partial charge >= 0.3 is 0 Å². The van der Waals surface area contributed by atoms with E-state index in [2.05, 4.69) is 4.98 Å². The number of aromatic nitrogens is 2. The third-order valence-electron chi connectivity index (χ3n) is 1.88. The predicted molar refractivity (Wildman–Crippen MR) is 45.8 cm³/mol. The third kappa shape index (κ3) is 0.987. The van der Waals surface area contributed by atoms with Crippen LogP contribution in [0, 0.1) is 0 Å². The molecule has 1 N–H and O–H groups in total. The third-order valence-corrected chi connectivity index (χ3v) is 1.88. The van der Waals surface area contributed by atoms with Gasteiger partial charge in [0.2, 0.25) is 0 Å². The molecule has 1 atom stereocenters. The summed E-state index contributed by atoms with van der Waals surface area (Å²) in [5, 5.41) is 9.36. The summed E-state index contributed by atoms with van der Waals surface area (Å²) in [7, 11) is 0. The number of aliphatic hydroxyl groups excluding tert-OH is 1. The molecule has 0 amide bonds. The average molecular weight is 162 g/mol. The van der Waals surface area contributed by atoms with Gasteiger partial charge in [0.1, 0.15) is 0 Å². The monoisotopic (exact) mass is 162 g/mol. The highest BCUT2D eigenvalue weighted by atomic mass is 16.3. The first-order valence-corrected chi connectivity index (χ1v) is 3.88. The van der Waals surface area contributed by atoms with E-state index in [9.17, 15) is 5.11 Å². The summed E-state index contributed by atoms with van der Waals surface area (Å²) >= 11 is 0. The number of hydrogen-bond acceptors (Lipinski definition) is 2. The van der Waals surface area contributed by atoms with Crippen molar-refractivity contribution in [3.8, 4) is 0 Å². The summed E-state index contributed by atoms with van der Waals surface area (Å²) in [6.07, 6.45) is 4.97. The largest absolute Gasteiger partial charge is 0.387 e. The minimum atomic E-state index is -0.511. The molecular weight excluding hydrogens is 152 g/mol. The lowest BCUT2D eigenvalue weighted by Gasteiger charge is -2.04. The molecule has 0 spiro atoms. The second-order valence-corrected chi connectivity index (χ2v) is 2.79. The number of nitrogens with zero attached hydrogens (tertiary/aromatic N) is 2. The van der Waals surface area contributed by atoms with Crippen LogP contribution < -0.4 is 0 Å². The van der Waals surface area contributed by atoms with Crippen LogP contribution >= 0.6 is 0 Å². The Kier molecular flexibility index (Phi) is 1.59. The minimum absolute atomic E-state index is 0.511. The zero-order valence-electron chi connectivity index (χ0n) is 6.81. The van der Waals surface area contributed by atoms with Crippen molar-refractivity contribution in [2.24, 2.45) is 0 Å². The van der Waals surface area contributed by atoms with E-state index in [4.69, 9.17) is 0 Å². The Balaban J connectivity index is 2.73. The summed E-state index contributed by atoms with van der Waals surface area (Å²) in [5.74, 6) is 0. The summed E-state index contributed by atoms with van der Waals surface area (Å²) in [5.41, 5.74) is 1.69. The highest BCUT2D eigenvalue weighted by Gasteiger charge is 2.06. The molecule has 12 heavy (non-hydrogen) atoms. The van der Waals surface area contributed by atoms with Gasteiger partial charge in [-0.05, 0) is 19.1 Å². The van der Waals surface area contributed by atoms with E-state index in [0.29, 0.717) is 0 Å². The predicted octanol–water partition coefficient (Wildman–Crippen LogP) is 1.39. The standard InChI is InChI=1S/C9H10N2O/c1-7(12)9-8-3-2-5-11(8)6-4-10-9/h2-7,12H,1H3. The molecule has 2 aromatic heterocycles. The molecule has 0 saturated carbocycles. The normalized spacial score (nSPS) is 13.5. The Morgan fingerprint density at radius 3 is 3.08 bits per heavy atom. The van der Waals surface area contributed by atoms with Crippen LogP contribution in [0.4, 0.5) is 0 Å². The van der Waals surface area contributed by atoms with Crippen molar-refractivity contribution < 1.29 is 5.11 Å². The molecule has 62 valence electrons. The fourth-order valence-corrected chi connectivity index (χ4v) is 1.31. The second-order valence-electron chi connectivity index (χ2n) is 2.79. The van der Waals surface area contributed by atoms with Gasteiger partial charge < -0.3 is 9.51 Å². The first-order chi connectivity index (χ1) is 5.79. The number of aliphatic hydroxyl groups is 1. The molecule has 2 heterocycles. The molecule has 0 aliphatic heterocycles. The van der Waals surface area contributed by atoms with Gasteiger partial charge in [-0.25, -0.2) is 0 Å². The van der Waals surface area contributed by atoms with Gasteiger partial charge in [-0.2, -0.15) is 0 Å². The van der Waals surface area contributed by atoms with E-state index in [1.165, 1.54) is 0 Å². The van der Waals surface area contributed by atoms with Crippen LogP contribution in [0.5, 0.6) is 0 Å². The maximum absolute atomic E-state index is 9.36. The Morgan fingerprint density at radius 2 is 2.33 bits per heavy atom. The van der Waals surface area contributed by atoms with Gasteiger partial charge in [0, 0.05) is 18.6 Å². The zero-order valence-corrected chi connectivity index (χ0v) is 6.81. The Hall–Kier alpha value is -1.35. The highest BCUT2D eigenvalue weighted by Crippen LogP contribution is 2.15. The molecule has 3 heteroatoms. The zero-order chi connectivity index (χ0) is 8.55. The summed E-state index contributed by atoms with van der Waals surface area (Å²) in [4.78, 5) is 4.11. The number of fused-ring (bicyclic) bond motifs is 1. The number of hydrogen-bond donors (Lipinski definition) is 1. The molecule has 0 aromatic carbocycles. The Bertz CT molecular complexity index is 392. The molecule has 2 aromatic rings. The van der Waals surface area contributed by atoms with Gasteiger partial charge in [-0.15, -0.1) is 0 Å². The van der Waals surface area contributed by atoms with Crippen LogP contribution in [0.1, 0.15) is 18.7 Å². The second kappa shape index (κ2) is 2.60. The first kappa shape index (κ1) is 7.31. The van der Waals surface area contributed by atoms with Crippen LogP contribution in [0.15, 0.2) is 30.7 Å². The molecule has 0 aliphatic carbocycles. The Labute approximate surface area is 70.3 Å². The first-order valence-electron chi connectivity index (χ1n) is 3.88. The molecule has 0 bridgehead atoms. The van der Waals surface area contributed by atoms with Crippen LogP contribution in [0.2, 0.25) is 0 Å². The van der Waals surface area contributed by atoms with Crippen molar-refractivity contribution in [1.29, 1.82) is 0 Å². The van der Waals surface area contributed by atoms with Gasteiger partial charge in [-0.3, -0.25) is 4.98 Å². The lowest BCUT2D eigenvalue weighted by Crippen LogP contribution is -1.98. The van der Waals surface area contributed by atoms with Crippen LogP contribution in [-0.2, 0) is 0 Å². The topological polar surface area (TPSA) is 37.5 Å². The lowest BCUT2D eigenvalue weighted by atomic mass is 10.2. The van der Waals surface area contributed by atoms with E-state index >= 15 is 0 Å². The van der Waals surface area contributed by atoms with Crippen LogP contribution in [0.3, 0.4) is 0 Å². The van der Waals surface area contributed by atoms with E-state index in [-0.39, 0.29) is 0 Å². The lowest BCUT2D eigenvalue weighted by molar-refractivity contribution is 0.195. The van der Waals surface area contributed by atoms with E-state index < -0.39 is 6.10 Å². The SMILES string of the molecule is CC(O)c1nccn2cccc12. The quantitative estimate of drug-likeness (QED) is 0.688. The fraction of sp³-hybridized carbons (Fsp3) is 0.222. The van der Waals surface area contributed by atoms with Crippen molar-refractivity contribution in [1.82, 2.24) is 9.38 Å². The summed E-state index contributed by atoms with van der Waals surface area (Å²) in [6.45, 7) is 1.72. The smallest absolute Gasteiger partial charge is 0.0953 e. The average Bonchev–Trinajstić information content (AvgIpc) is 2.49. The maximum Gasteiger partial charge on any atom is 0.0953 e. The molecular formula is C9H10N2O. The van der Waals surface area contributed by atoms with Crippen LogP contribution in [-0.4, -0.2) is 14.5 Å². The Morgan fingerprint density at radius 1 is 1.50 bits per heavy atom. The maximum atomic E-state index is 9.36. The van der Waals surface area contributed by atoms with Gasteiger partial charge in [0.25, 0.3) is 0 Å². The molecule has 1 unspecified atom stereocenters. The fourth-order valence-electron chi connectivity index (χ4n) is 1.31. The van der Waals surface area contributed by atoms with Crippen molar-refractivity contribution in [2.45, 2.75) is 13.0 Å². The number of rotatable bonds is 1. The molecule has 0 saturated heterocycles. The van der Waals surface area contributed by atoms with E-state index in [0.717, 1.165) is 11.2 Å². The van der Waals surface area contributed by atoms with Crippen molar-refractivity contribution in [2.75, 3.05) is 0 Å². The van der Waals surface area contributed by atoms with Crippen molar-refractivity contribution >= 4 is 5.52 Å². The summed E-state index contributed by atoms with van der Waals surface area (Å²) in [6, 6.07) is 3.87. The molecule has 0 radical (unpaired) electrons. The summed E-state index contributed by atoms with van der Waals surface area (Å²) < 4.78 is 1.94. The molecule has 2 rings (SSSR count). The minimum Gasteiger partial charge on any atom is -0.387 e. The van der Waals surface area contributed by atoms with Gasteiger partial charge in [-0.1, -0.05) is 0 Å². The molecule has 0 fully saturated rings. The molecule has 3 nitrogen and oxygen atoms in total. The molecule has 0 aliphatic rings. The van der Waals surface area contributed by atoms with E-state index in [1.807, 2.05) is 28.9 Å². The van der Waals surface area contributed by atoms with Crippen molar-refractivity contribution in [3.63, 3.8) is 0 Å². The van der Waals surface area contributed by atoms with Crippen molar-refractivity contribution in [3.05, 3.63) is 36.4 Å². The van der Waals surface area contributed by atoms with Crippen LogP contribution in [0.25, 0.3) is 5.52 Å². The van der Waals surface area contributed by atoms with E-state index in [1.54, 1.807) is 13.1 Å².